The van der Waals surface area contributed by atoms with Crippen LogP contribution in [0.5, 0.6) is 11.5 Å². The summed E-state index contributed by atoms with van der Waals surface area (Å²) in [6, 6.07) is 12.7. The number of barbiturate groups is 1. The van der Waals surface area contributed by atoms with Crippen LogP contribution in [0.25, 0.3) is 6.08 Å². The second kappa shape index (κ2) is 8.39. The molecule has 0 radical (unpaired) electrons. The number of methoxy groups -OCH3 is 1. The van der Waals surface area contributed by atoms with E-state index in [9.17, 15) is 14.4 Å². The number of hydrogen-bond acceptors (Lipinski definition) is 5. The van der Waals surface area contributed by atoms with E-state index in [1.54, 1.807) is 48.5 Å². The molecule has 1 aliphatic heterocycles. The lowest BCUT2D eigenvalue weighted by Crippen LogP contribution is -2.54. The van der Waals surface area contributed by atoms with Gasteiger partial charge < -0.3 is 9.47 Å². The monoisotopic (exact) mass is 380 g/mol. The zero-order valence-electron chi connectivity index (χ0n) is 15.6. The molecule has 4 amide bonds. The third kappa shape index (κ3) is 3.88. The fourth-order valence-corrected chi connectivity index (χ4v) is 2.74. The number of imide groups is 2. The first-order valence-electron chi connectivity index (χ1n) is 8.82. The molecule has 0 atom stereocenters. The molecule has 28 heavy (non-hydrogen) atoms. The maximum Gasteiger partial charge on any atom is 0.335 e. The van der Waals surface area contributed by atoms with Crippen LogP contribution >= 0.6 is 0 Å². The van der Waals surface area contributed by atoms with E-state index >= 15 is 0 Å². The predicted molar refractivity (Wildman–Crippen MR) is 104 cm³/mol. The molecular formula is C21H20N2O5. The number of hydrogen-bond donors (Lipinski definition) is 1. The first kappa shape index (κ1) is 19.2. The van der Waals surface area contributed by atoms with Gasteiger partial charge in [-0.3, -0.25) is 14.9 Å². The molecule has 0 aromatic heterocycles. The Morgan fingerprint density at radius 2 is 1.75 bits per heavy atom. The standard InChI is InChI=1S/C21H20N2O5/c1-3-12-28-16-10-8-15(9-11-16)23-20(25)17(19(24)22-21(23)26)13-14-6-4-5-7-18(14)27-2/h4-11,13H,3,12H2,1-2H3,(H,22,24,26)/b17-13-. The highest BCUT2D eigenvalue weighted by Crippen LogP contribution is 2.26. The van der Waals surface area contributed by atoms with Gasteiger partial charge in [-0.15, -0.1) is 0 Å². The van der Waals surface area contributed by atoms with Crippen molar-refractivity contribution in [2.75, 3.05) is 18.6 Å². The van der Waals surface area contributed by atoms with E-state index in [1.807, 2.05) is 6.92 Å². The lowest BCUT2D eigenvalue weighted by Gasteiger charge is -2.26. The van der Waals surface area contributed by atoms with Crippen molar-refractivity contribution >= 4 is 29.6 Å². The number of rotatable bonds is 6. The van der Waals surface area contributed by atoms with Crippen LogP contribution in [-0.4, -0.2) is 31.6 Å². The van der Waals surface area contributed by atoms with Crippen LogP contribution in [0, 0.1) is 0 Å². The SMILES string of the molecule is CCCOc1ccc(N2C(=O)NC(=O)/C(=C/c3ccccc3OC)C2=O)cc1. The minimum absolute atomic E-state index is 0.157. The summed E-state index contributed by atoms with van der Waals surface area (Å²) in [6.07, 6.45) is 2.28. The second-order valence-corrected chi connectivity index (χ2v) is 6.04. The number of urea groups is 1. The summed E-state index contributed by atoms with van der Waals surface area (Å²) in [5.41, 5.74) is 0.737. The Morgan fingerprint density at radius 3 is 2.43 bits per heavy atom. The van der Waals surface area contributed by atoms with Crippen molar-refractivity contribution < 1.29 is 23.9 Å². The summed E-state index contributed by atoms with van der Waals surface area (Å²) in [4.78, 5) is 38.4. The van der Waals surface area contributed by atoms with Crippen molar-refractivity contribution in [3.63, 3.8) is 0 Å². The summed E-state index contributed by atoms with van der Waals surface area (Å²) < 4.78 is 10.8. The van der Waals surface area contributed by atoms with Crippen LogP contribution in [0.1, 0.15) is 18.9 Å². The molecule has 7 heteroatoms. The smallest absolute Gasteiger partial charge is 0.335 e. The van der Waals surface area contributed by atoms with Crippen molar-refractivity contribution in [1.29, 1.82) is 0 Å². The number of para-hydroxylation sites is 1. The minimum atomic E-state index is -0.797. The molecule has 0 unspecified atom stereocenters. The maximum absolute atomic E-state index is 12.9. The first-order chi connectivity index (χ1) is 13.5. The molecule has 0 spiro atoms. The van der Waals surface area contributed by atoms with Gasteiger partial charge in [0.2, 0.25) is 0 Å². The molecule has 7 nitrogen and oxygen atoms in total. The van der Waals surface area contributed by atoms with Gasteiger partial charge in [-0.1, -0.05) is 25.1 Å². The topological polar surface area (TPSA) is 84.9 Å². The molecule has 0 bridgehead atoms. The Morgan fingerprint density at radius 1 is 1.04 bits per heavy atom. The average molecular weight is 380 g/mol. The van der Waals surface area contributed by atoms with Crippen LogP contribution in [0.4, 0.5) is 10.5 Å². The van der Waals surface area contributed by atoms with Crippen molar-refractivity contribution in [3.05, 3.63) is 59.7 Å². The number of carbonyl (C=O) groups excluding carboxylic acids is 3. The van der Waals surface area contributed by atoms with E-state index in [-0.39, 0.29) is 5.57 Å². The molecule has 1 heterocycles. The van der Waals surface area contributed by atoms with Crippen LogP contribution < -0.4 is 19.7 Å². The van der Waals surface area contributed by atoms with Gasteiger partial charge in [-0.2, -0.15) is 0 Å². The van der Waals surface area contributed by atoms with Gasteiger partial charge >= 0.3 is 6.03 Å². The van der Waals surface area contributed by atoms with Gasteiger partial charge in [0.25, 0.3) is 11.8 Å². The third-order valence-electron chi connectivity index (χ3n) is 4.11. The zero-order valence-corrected chi connectivity index (χ0v) is 15.6. The molecule has 144 valence electrons. The number of ether oxygens (including phenoxy) is 2. The van der Waals surface area contributed by atoms with Gasteiger partial charge in [0.1, 0.15) is 17.1 Å². The van der Waals surface area contributed by atoms with E-state index in [0.717, 1.165) is 11.3 Å². The van der Waals surface area contributed by atoms with E-state index < -0.39 is 17.8 Å². The molecule has 2 aromatic rings. The minimum Gasteiger partial charge on any atom is -0.496 e. The Hall–Kier alpha value is -3.61. The van der Waals surface area contributed by atoms with E-state index in [2.05, 4.69) is 5.32 Å². The van der Waals surface area contributed by atoms with Gasteiger partial charge in [-0.05, 0) is 42.8 Å². The lowest BCUT2D eigenvalue weighted by atomic mass is 10.1. The van der Waals surface area contributed by atoms with Crippen molar-refractivity contribution in [2.24, 2.45) is 0 Å². The quantitative estimate of drug-likeness (QED) is 0.615. The molecule has 0 saturated carbocycles. The summed E-state index contributed by atoms with van der Waals surface area (Å²) in [5, 5.41) is 2.20. The molecule has 3 rings (SSSR count). The Kier molecular flexibility index (Phi) is 5.74. The molecule has 0 aliphatic carbocycles. The number of nitrogens with zero attached hydrogens (tertiary/aromatic N) is 1. The first-order valence-corrected chi connectivity index (χ1v) is 8.82. The number of nitrogens with one attached hydrogen (secondary N) is 1. The summed E-state index contributed by atoms with van der Waals surface area (Å²) >= 11 is 0. The van der Waals surface area contributed by atoms with Crippen LogP contribution in [0.2, 0.25) is 0 Å². The number of benzene rings is 2. The van der Waals surface area contributed by atoms with E-state index in [0.29, 0.717) is 29.4 Å². The average Bonchev–Trinajstić information content (AvgIpc) is 2.70. The van der Waals surface area contributed by atoms with Gasteiger partial charge in [0.05, 0.1) is 19.4 Å². The van der Waals surface area contributed by atoms with Gasteiger partial charge in [0.15, 0.2) is 0 Å². The maximum atomic E-state index is 12.9. The third-order valence-corrected chi connectivity index (χ3v) is 4.11. The molecule has 2 aromatic carbocycles. The molecule has 1 aliphatic rings. The van der Waals surface area contributed by atoms with E-state index in [4.69, 9.17) is 9.47 Å². The fraction of sp³-hybridized carbons (Fsp3) is 0.190. The molecule has 1 N–H and O–H groups in total. The van der Waals surface area contributed by atoms with Gasteiger partial charge in [-0.25, -0.2) is 9.69 Å². The van der Waals surface area contributed by atoms with Crippen molar-refractivity contribution in [3.8, 4) is 11.5 Å². The van der Waals surface area contributed by atoms with Crippen LogP contribution in [0.15, 0.2) is 54.1 Å². The lowest BCUT2D eigenvalue weighted by molar-refractivity contribution is -0.122. The van der Waals surface area contributed by atoms with E-state index in [1.165, 1.54) is 13.2 Å². The predicted octanol–water partition coefficient (Wildman–Crippen LogP) is 3.15. The Labute approximate surface area is 162 Å². The molecular weight excluding hydrogens is 360 g/mol. The van der Waals surface area contributed by atoms with Crippen LogP contribution in [0.3, 0.4) is 0 Å². The van der Waals surface area contributed by atoms with Crippen LogP contribution in [-0.2, 0) is 9.59 Å². The molecule has 1 saturated heterocycles. The Bertz CT molecular complexity index is 934. The highest BCUT2D eigenvalue weighted by Gasteiger charge is 2.36. The number of anilines is 1. The summed E-state index contributed by atoms with van der Waals surface area (Å²) in [6.45, 7) is 2.57. The number of carbonyl (C=O) groups is 3. The fourth-order valence-electron chi connectivity index (χ4n) is 2.74. The zero-order chi connectivity index (χ0) is 20.1. The molecule has 1 fully saturated rings. The second-order valence-electron chi connectivity index (χ2n) is 6.04. The van der Waals surface area contributed by atoms with Gasteiger partial charge in [0, 0.05) is 5.56 Å². The summed E-state index contributed by atoms with van der Waals surface area (Å²) in [5.74, 6) is -0.310. The number of amides is 4. The van der Waals surface area contributed by atoms with Crippen molar-refractivity contribution in [1.82, 2.24) is 5.32 Å². The normalized spacial score (nSPS) is 15.6. The summed E-state index contributed by atoms with van der Waals surface area (Å²) in [7, 11) is 1.50. The van der Waals surface area contributed by atoms with Crippen molar-refractivity contribution in [2.45, 2.75) is 13.3 Å². The highest BCUT2D eigenvalue weighted by atomic mass is 16.5. The Balaban J connectivity index is 1.93. The largest absolute Gasteiger partial charge is 0.496 e. The highest BCUT2D eigenvalue weighted by molar-refractivity contribution is 6.39.